The summed E-state index contributed by atoms with van der Waals surface area (Å²) >= 11 is 0. The van der Waals surface area contributed by atoms with Crippen molar-refractivity contribution in [3.63, 3.8) is 0 Å². The lowest BCUT2D eigenvalue weighted by molar-refractivity contribution is -0.118. The Morgan fingerprint density at radius 3 is 2.62 bits per heavy atom. The zero-order valence-electron chi connectivity index (χ0n) is 14.0. The predicted molar refractivity (Wildman–Crippen MR) is 104 cm³/mol. The van der Waals surface area contributed by atoms with Crippen LogP contribution in [0, 0.1) is 0 Å². The number of hydrogen-bond acceptors (Lipinski definition) is 4. The number of para-hydroxylation sites is 2. The second-order valence-corrected chi connectivity index (χ2v) is 5.13. The van der Waals surface area contributed by atoms with E-state index in [9.17, 15) is 4.79 Å². The number of guanidine groups is 1. The van der Waals surface area contributed by atoms with E-state index in [0.717, 1.165) is 18.0 Å². The molecule has 1 aliphatic heterocycles. The Hall–Kier alpha value is -1.71. The van der Waals surface area contributed by atoms with Crippen molar-refractivity contribution in [2.45, 2.75) is 20.0 Å². The van der Waals surface area contributed by atoms with Crippen molar-refractivity contribution in [3.05, 3.63) is 24.3 Å². The molecule has 1 amide bonds. The molecule has 0 aromatic heterocycles. The molecule has 0 saturated carbocycles. The molecular weight excluding hydrogens is 423 g/mol. The van der Waals surface area contributed by atoms with Gasteiger partial charge >= 0.3 is 0 Å². The molecule has 0 fully saturated rings. The van der Waals surface area contributed by atoms with Crippen LogP contribution in [0.4, 0.5) is 0 Å². The zero-order valence-corrected chi connectivity index (χ0v) is 16.3. The summed E-state index contributed by atoms with van der Waals surface area (Å²) in [7, 11) is 0. The van der Waals surface area contributed by atoms with Gasteiger partial charge in [-0.3, -0.25) is 4.79 Å². The van der Waals surface area contributed by atoms with Gasteiger partial charge in [-0.05, 0) is 19.1 Å². The highest BCUT2D eigenvalue weighted by Gasteiger charge is 2.20. The van der Waals surface area contributed by atoms with E-state index in [0.29, 0.717) is 32.2 Å². The Bertz CT molecular complexity index is 554. The molecule has 1 heterocycles. The van der Waals surface area contributed by atoms with Crippen LogP contribution in [-0.4, -0.2) is 50.8 Å². The fourth-order valence-electron chi connectivity index (χ4n) is 2.11. The zero-order chi connectivity index (χ0) is 16.5. The lowest BCUT2D eigenvalue weighted by Gasteiger charge is -2.25. The molecule has 0 radical (unpaired) electrons. The van der Waals surface area contributed by atoms with Crippen molar-refractivity contribution >= 4 is 35.8 Å². The molecule has 0 bridgehead atoms. The normalized spacial score (nSPS) is 15.9. The number of nitrogens with one attached hydrogen (secondary N) is 3. The lowest BCUT2D eigenvalue weighted by atomic mass is 10.2. The molecule has 0 aliphatic carbocycles. The van der Waals surface area contributed by atoms with E-state index >= 15 is 0 Å². The smallest absolute Gasteiger partial charge is 0.216 e. The van der Waals surface area contributed by atoms with Crippen molar-refractivity contribution in [1.82, 2.24) is 16.0 Å². The molecule has 7 nitrogen and oxygen atoms in total. The third-order valence-corrected chi connectivity index (χ3v) is 3.16. The van der Waals surface area contributed by atoms with Gasteiger partial charge in [0.1, 0.15) is 6.61 Å². The second kappa shape index (κ2) is 11.0. The van der Waals surface area contributed by atoms with Crippen molar-refractivity contribution in [1.29, 1.82) is 0 Å². The Kier molecular flexibility index (Phi) is 9.28. The summed E-state index contributed by atoms with van der Waals surface area (Å²) < 4.78 is 11.5. The molecule has 3 N–H and O–H groups in total. The minimum absolute atomic E-state index is 0. The summed E-state index contributed by atoms with van der Waals surface area (Å²) in [6, 6.07) is 7.62. The van der Waals surface area contributed by atoms with E-state index in [1.807, 2.05) is 31.2 Å². The van der Waals surface area contributed by atoms with E-state index in [2.05, 4.69) is 20.9 Å². The number of fused-ring (bicyclic) bond motifs is 1. The minimum atomic E-state index is -0.115. The molecule has 1 aromatic carbocycles. The van der Waals surface area contributed by atoms with Gasteiger partial charge in [-0.15, -0.1) is 24.0 Å². The fourth-order valence-corrected chi connectivity index (χ4v) is 2.11. The Morgan fingerprint density at radius 2 is 1.92 bits per heavy atom. The average Bonchev–Trinajstić information content (AvgIpc) is 2.56. The first-order chi connectivity index (χ1) is 11.2. The number of carbonyl (C=O) groups excluding carboxylic acids is 1. The van der Waals surface area contributed by atoms with Crippen LogP contribution in [0.25, 0.3) is 0 Å². The summed E-state index contributed by atoms with van der Waals surface area (Å²) in [4.78, 5) is 15.3. The van der Waals surface area contributed by atoms with Crippen LogP contribution >= 0.6 is 24.0 Å². The highest BCUT2D eigenvalue weighted by atomic mass is 127. The Balaban J connectivity index is 0.00000288. The number of halogens is 1. The average molecular weight is 448 g/mol. The first kappa shape index (κ1) is 20.3. The van der Waals surface area contributed by atoms with Gasteiger partial charge in [0.25, 0.3) is 0 Å². The number of hydrogen-bond donors (Lipinski definition) is 3. The Labute approximate surface area is 159 Å². The molecule has 24 heavy (non-hydrogen) atoms. The van der Waals surface area contributed by atoms with Crippen LogP contribution in [0.5, 0.6) is 11.5 Å². The largest absolute Gasteiger partial charge is 0.486 e. The molecule has 0 saturated heterocycles. The van der Waals surface area contributed by atoms with Crippen LogP contribution in [0.15, 0.2) is 29.3 Å². The molecular formula is C16H25IN4O3. The van der Waals surface area contributed by atoms with Crippen molar-refractivity contribution in [2.24, 2.45) is 4.99 Å². The third-order valence-electron chi connectivity index (χ3n) is 3.16. The van der Waals surface area contributed by atoms with Crippen LogP contribution in [0.1, 0.15) is 13.8 Å². The quantitative estimate of drug-likeness (QED) is 0.263. The monoisotopic (exact) mass is 448 g/mol. The number of carbonyl (C=O) groups is 1. The molecule has 134 valence electrons. The van der Waals surface area contributed by atoms with E-state index in [1.54, 1.807) is 0 Å². The van der Waals surface area contributed by atoms with Gasteiger partial charge in [0.05, 0.1) is 6.54 Å². The highest BCUT2D eigenvalue weighted by Crippen LogP contribution is 2.30. The topological polar surface area (TPSA) is 84.0 Å². The van der Waals surface area contributed by atoms with Gasteiger partial charge in [0, 0.05) is 26.6 Å². The number of ether oxygens (including phenoxy) is 2. The highest BCUT2D eigenvalue weighted by molar-refractivity contribution is 14.0. The SMILES string of the molecule is CCNC(=NCC1COc2ccccc2O1)NCCNC(C)=O.I. The second-order valence-electron chi connectivity index (χ2n) is 5.13. The van der Waals surface area contributed by atoms with Gasteiger partial charge < -0.3 is 25.4 Å². The first-order valence-corrected chi connectivity index (χ1v) is 7.84. The molecule has 1 aromatic rings. The van der Waals surface area contributed by atoms with E-state index in [4.69, 9.17) is 9.47 Å². The van der Waals surface area contributed by atoms with Crippen LogP contribution in [0.2, 0.25) is 0 Å². The number of benzene rings is 1. The maximum atomic E-state index is 10.8. The molecule has 1 aliphatic rings. The number of aliphatic imine (C=N–C) groups is 1. The summed E-state index contributed by atoms with van der Waals surface area (Å²) in [5, 5.41) is 9.05. The number of nitrogens with zero attached hydrogens (tertiary/aromatic N) is 1. The molecule has 8 heteroatoms. The van der Waals surface area contributed by atoms with Crippen LogP contribution in [-0.2, 0) is 4.79 Å². The predicted octanol–water partition coefficient (Wildman–Crippen LogP) is 1.14. The summed E-state index contributed by atoms with van der Waals surface area (Å²) in [5.41, 5.74) is 0. The number of rotatable bonds is 6. The van der Waals surface area contributed by atoms with Crippen molar-refractivity contribution in [3.8, 4) is 11.5 Å². The van der Waals surface area contributed by atoms with Gasteiger partial charge in [0.2, 0.25) is 5.91 Å². The molecule has 1 unspecified atom stereocenters. The van der Waals surface area contributed by atoms with Gasteiger partial charge in [-0.25, -0.2) is 4.99 Å². The van der Waals surface area contributed by atoms with Crippen LogP contribution in [0.3, 0.4) is 0 Å². The van der Waals surface area contributed by atoms with Crippen LogP contribution < -0.4 is 25.4 Å². The summed E-state index contributed by atoms with van der Waals surface area (Å²) in [6.07, 6.45) is -0.115. The lowest BCUT2D eigenvalue weighted by Crippen LogP contribution is -2.42. The molecule has 2 rings (SSSR count). The van der Waals surface area contributed by atoms with E-state index < -0.39 is 0 Å². The third kappa shape index (κ3) is 6.81. The first-order valence-electron chi connectivity index (χ1n) is 7.84. The minimum Gasteiger partial charge on any atom is -0.486 e. The maximum Gasteiger partial charge on any atom is 0.216 e. The van der Waals surface area contributed by atoms with Crippen molar-refractivity contribution < 1.29 is 14.3 Å². The van der Waals surface area contributed by atoms with Crippen molar-refractivity contribution in [2.75, 3.05) is 32.8 Å². The number of amides is 1. The summed E-state index contributed by atoms with van der Waals surface area (Å²) in [5.74, 6) is 2.18. The van der Waals surface area contributed by atoms with Gasteiger partial charge in [-0.2, -0.15) is 0 Å². The fraction of sp³-hybridized carbons (Fsp3) is 0.500. The van der Waals surface area contributed by atoms with E-state index in [1.165, 1.54) is 6.92 Å². The van der Waals surface area contributed by atoms with E-state index in [-0.39, 0.29) is 36.0 Å². The van der Waals surface area contributed by atoms with Gasteiger partial charge in [0.15, 0.2) is 23.6 Å². The standard InChI is InChI=1S/C16H24N4O3.HI/c1-3-17-16(19-9-8-18-12(2)21)20-10-13-11-22-14-6-4-5-7-15(14)23-13;/h4-7,13H,3,8-11H2,1-2H3,(H,18,21)(H2,17,19,20);1H. The molecule has 1 atom stereocenters. The Morgan fingerprint density at radius 1 is 1.21 bits per heavy atom. The van der Waals surface area contributed by atoms with Gasteiger partial charge in [-0.1, -0.05) is 12.1 Å². The maximum absolute atomic E-state index is 10.8. The molecule has 0 spiro atoms. The summed E-state index contributed by atoms with van der Waals surface area (Å²) in [6.45, 7) is 6.39.